The summed E-state index contributed by atoms with van der Waals surface area (Å²) in [4.78, 5) is 16.7. The third-order valence-electron chi connectivity index (χ3n) is 5.63. The number of amides is 1. The largest absolute Gasteiger partial charge is 0.483 e. The molecule has 0 bridgehead atoms. The van der Waals surface area contributed by atoms with E-state index in [0.29, 0.717) is 6.04 Å². The molecule has 6 nitrogen and oxygen atoms in total. The van der Waals surface area contributed by atoms with Gasteiger partial charge >= 0.3 is 0 Å². The zero-order valence-corrected chi connectivity index (χ0v) is 16.0. The molecule has 0 spiro atoms. The van der Waals surface area contributed by atoms with E-state index in [9.17, 15) is 4.79 Å². The molecule has 4 rings (SSSR count). The molecule has 1 amide bonds. The van der Waals surface area contributed by atoms with Gasteiger partial charge in [-0.3, -0.25) is 14.4 Å². The van der Waals surface area contributed by atoms with E-state index in [1.807, 2.05) is 41.0 Å². The number of aryl methyl sites for hydroxylation is 1. The summed E-state index contributed by atoms with van der Waals surface area (Å²) in [5, 5.41) is 4.33. The van der Waals surface area contributed by atoms with Crippen molar-refractivity contribution in [3.05, 3.63) is 47.8 Å². The normalized spacial score (nSPS) is 20.3. The van der Waals surface area contributed by atoms with Crippen molar-refractivity contribution in [1.82, 2.24) is 19.6 Å². The number of ether oxygens (including phenoxy) is 1. The summed E-state index contributed by atoms with van der Waals surface area (Å²) in [7, 11) is 1.96. The molecule has 3 heterocycles. The van der Waals surface area contributed by atoms with Crippen LogP contribution in [0.4, 0.5) is 0 Å². The Morgan fingerprint density at radius 2 is 2.00 bits per heavy atom. The maximum absolute atomic E-state index is 12.3. The van der Waals surface area contributed by atoms with Crippen LogP contribution in [0.2, 0.25) is 0 Å². The number of rotatable bonds is 6. The number of hydrogen-bond donors (Lipinski definition) is 0. The molecular formula is C21H28N4O2. The molecule has 0 aliphatic carbocycles. The molecule has 2 fully saturated rings. The molecule has 1 aromatic heterocycles. The van der Waals surface area contributed by atoms with E-state index in [1.54, 1.807) is 0 Å². The Morgan fingerprint density at radius 3 is 2.78 bits per heavy atom. The summed E-state index contributed by atoms with van der Waals surface area (Å²) in [6.45, 7) is 3.76. The molecule has 1 aromatic carbocycles. The molecule has 27 heavy (non-hydrogen) atoms. The van der Waals surface area contributed by atoms with Crippen LogP contribution in [0.15, 0.2) is 36.7 Å². The molecule has 0 radical (unpaired) electrons. The van der Waals surface area contributed by atoms with Crippen molar-refractivity contribution >= 4 is 5.91 Å². The molecular weight excluding hydrogens is 340 g/mol. The first-order valence-electron chi connectivity index (χ1n) is 9.92. The molecule has 2 saturated heterocycles. The van der Waals surface area contributed by atoms with Gasteiger partial charge in [-0.15, -0.1) is 0 Å². The van der Waals surface area contributed by atoms with Crippen molar-refractivity contribution in [2.45, 2.75) is 38.3 Å². The first kappa shape index (κ1) is 18.0. The minimum atomic E-state index is 0.0942. The van der Waals surface area contributed by atoms with Gasteiger partial charge < -0.3 is 9.64 Å². The zero-order chi connectivity index (χ0) is 18.6. The highest BCUT2D eigenvalue weighted by atomic mass is 16.5. The Labute approximate surface area is 160 Å². The number of carbonyl (C=O) groups excluding carboxylic acids is 1. The second kappa shape index (κ2) is 8.13. The third kappa shape index (κ3) is 4.16. The first-order chi connectivity index (χ1) is 13.2. The Kier molecular flexibility index (Phi) is 5.43. The minimum Gasteiger partial charge on any atom is -0.483 e. The highest BCUT2D eigenvalue weighted by Gasteiger charge is 2.27. The van der Waals surface area contributed by atoms with Crippen LogP contribution >= 0.6 is 0 Å². The van der Waals surface area contributed by atoms with Crippen LogP contribution in [0.3, 0.4) is 0 Å². The lowest BCUT2D eigenvalue weighted by atomic mass is 10.1. The monoisotopic (exact) mass is 368 g/mol. The fourth-order valence-electron chi connectivity index (χ4n) is 4.20. The van der Waals surface area contributed by atoms with Crippen LogP contribution in [0, 0.1) is 0 Å². The van der Waals surface area contributed by atoms with Crippen LogP contribution < -0.4 is 4.74 Å². The third-order valence-corrected chi connectivity index (χ3v) is 5.63. The predicted octanol–water partition coefficient (Wildman–Crippen LogP) is 2.76. The van der Waals surface area contributed by atoms with Crippen molar-refractivity contribution in [3.8, 4) is 5.75 Å². The van der Waals surface area contributed by atoms with Crippen molar-refractivity contribution in [2.75, 3.05) is 26.2 Å². The van der Waals surface area contributed by atoms with E-state index >= 15 is 0 Å². The predicted molar refractivity (Wildman–Crippen MR) is 103 cm³/mol. The maximum Gasteiger partial charge on any atom is 0.260 e. The molecule has 2 aliphatic heterocycles. The van der Waals surface area contributed by atoms with Crippen LogP contribution in [0.5, 0.6) is 5.75 Å². The number of benzene rings is 1. The highest BCUT2D eigenvalue weighted by Crippen LogP contribution is 2.34. The number of likely N-dealkylation sites (tertiary alicyclic amines) is 2. The fourth-order valence-corrected chi connectivity index (χ4v) is 4.20. The first-order valence-corrected chi connectivity index (χ1v) is 9.92. The second-order valence-corrected chi connectivity index (χ2v) is 7.56. The summed E-state index contributed by atoms with van der Waals surface area (Å²) in [6, 6.07) is 8.50. The minimum absolute atomic E-state index is 0.0942. The van der Waals surface area contributed by atoms with E-state index in [-0.39, 0.29) is 12.5 Å². The van der Waals surface area contributed by atoms with Gasteiger partial charge in [-0.25, -0.2) is 0 Å². The van der Waals surface area contributed by atoms with Gasteiger partial charge in [0.25, 0.3) is 5.91 Å². The Balaban J connectivity index is 1.42. The van der Waals surface area contributed by atoms with Gasteiger partial charge in [0.05, 0.1) is 6.20 Å². The Morgan fingerprint density at radius 1 is 1.19 bits per heavy atom. The fraction of sp³-hybridized carbons (Fsp3) is 0.524. The van der Waals surface area contributed by atoms with E-state index in [0.717, 1.165) is 56.8 Å². The lowest BCUT2D eigenvalue weighted by Gasteiger charge is -2.25. The average molecular weight is 368 g/mol. The van der Waals surface area contributed by atoms with E-state index in [1.165, 1.54) is 12.0 Å². The molecule has 0 N–H and O–H groups in total. The average Bonchev–Trinajstić information content (AvgIpc) is 3.42. The van der Waals surface area contributed by atoms with Gasteiger partial charge in [0, 0.05) is 50.0 Å². The van der Waals surface area contributed by atoms with Crippen molar-refractivity contribution in [2.24, 2.45) is 7.05 Å². The Bertz CT molecular complexity index is 782. The molecule has 144 valence electrons. The van der Waals surface area contributed by atoms with Gasteiger partial charge in [0.1, 0.15) is 5.75 Å². The molecule has 0 saturated carbocycles. The summed E-state index contributed by atoms with van der Waals surface area (Å²) in [5.41, 5.74) is 2.42. The van der Waals surface area contributed by atoms with Gasteiger partial charge in [0.15, 0.2) is 6.61 Å². The quantitative estimate of drug-likeness (QED) is 0.787. The summed E-state index contributed by atoms with van der Waals surface area (Å²) < 4.78 is 7.80. The van der Waals surface area contributed by atoms with E-state index in [2.05, 4.69) is 22.3 Å². The number of para-hydroxylation sites is 1. The number of hydrogen-bond acceptors (Lipinski definition) is 4. The lowest BCUT2D eigenvalue weighted by molar-refractivity contribution is -0.132. The molecule has 2 aliphatic rings. The van der Waals surface area contributed by atoms with Crippen molar-refractivity contribution < 1.29 is 9.53 Å². The van der Waals surface area contributed by atoms with Gasteiger partial charge in [-0.05, 0) is 38.3 Å². The molecule has 1 unspecified atom stereocenters. The number of nitrogens with zero attached hydrogens (tertiary/aromatic N) is 4. The topological polar surface area (TPSA) is 50.6 Å². The second-order valence-electron chi connectivity index (χ2n) is 7.56. The lowest BCUT2D eigenvalue weighted by Crippen LogP contribution is -2.32. The van der Waals surface area contributed by atoms with Gasteiger partial charge in [-0.1, -0.05) is 18.2 Å². The van der Waals surface area contributed by atoms with Gasteiger partial charge in [-0.2, -0.15) is 5.10 Å². The summed E-state index contributed by atoms with van der Waals surface area (Å²) in [6.07, 6.45) is 8.64. The molecule has 6 heteroatoms. The molecule has 2 aromatic rings. The number of carbonyl (C=O) groups is 1. The smallest absolute Gasteiger partial charge is 0.260 e. The van der Waals surface area contributed by atoms with Crippen LogP contribution in [0.1, 0.15) is 42.9 Å². The summed E-state index contributed by atoms with van der Waals surface area (Å²) in [5.74, 6) is 0.915. The highest BCUT2D eigenvalue weighted by molar-refractivity contribution is 5.78. The zero-order valence-electron chi connectivity index (χ0n) is 16.0. The molecule has 1 atom stereocenters. The van der Waals surface area contributed by atoms with Crippen LogP contribution in [-0.2, 0) is 18.4 Å². The van der Waals surface area contributed by atoms with Crippen LogP contribution in [0.25, 0.3) is 0 Å². The summed E-state index contributed by atoms with van der Waals surface area (Å²) >= 11 is 0. The van der Waals surface area contributed by atoms with E-state index < -0.39 is 0 Å². The maximum atomic E-state index is 12.3. The SMILES string of the molecule is Cn1cc(C2CCCN2Cc2ccccc2OCC(=O)N2CCCC2)cn1. The van der Waals surface area contributed by atoms with Gasteiger partial charge in [0.2, 0.25) is 0 Å². The number of aromatic nitrogens is 2. The standard InChI is InChI=1S/C21H28N4O2/c1-23-14-18(13-22-23)19-8-6-12-25(19)15-17-7-2-3-9-20(17)27-16-21(26)24-10-4-5-11-24/h2-3,7,9,13-14,19H,4-6,8,10-12,15-16H2,1H3. The van der Waals surface area contributed by atoms with Crippen LogP contribution in [-0.4, -0.2) is 51.7 Å². The van der Waals surface area contributed by atoms with Crippen molar-refractivity contribution in [1.29, 1.82) is 0 Å². The van der Waals surface area contributed by atoms with Crippen molar-refractivity contribution in [3.63, 3.8) is 0 Å². The Hall–Kier alpha value is -2.34. The van der Waals surface area contributed by atoms with E-state index in [4.69, 9.17) is 4.74 Å².